The number of allylic oxidation sites excluding steroid dienone is 4. The third-order valence-electron chi connectivity index (χ3n) is 11.4. The van der Waals surface area contributed by atoms with E-state index in [0.29, 0.717) is 5.92 Å². The molecular formula is C51H55Cl3SiTi-. The molecule has 289 valence electrons. The van der Waals surface area contributed by atoms with Crippen LogP contribution in [0.15, 0.2) is 144 Å². The first kappa shape index (κ1) is 48.7. The molecule has 1 aliphatic carbocycles. The van der Waals surface area contributed by atoms with Gasteiger partial charge >= 0.3 is 0 Å². The van der Waals surface area contributed by atoms with Crippen LogP contribution in [0.5, 0.6) is 0 Å². The Morgan fingerprint density at radius 3 is 0.911 bits per heavy atom. The van der Waals surface area contributed by atoms with E-state index in [0.717, 1.165) is 0 Å². The van der Waals surface area contributed by atoms with Gasteiger partial charge in [0.2, 0.25) is 0 Å². The molecule has 1 aliphatic rings. The van der Waals surface area contributed by atoms with Crippen LogP contribution < -0.4 is 15.6 Å². The van der Waals surface area contributed by atoms with Gasteiger partial charge in [0, 0.05) is 21.7 Å². The van der Waals surface area contributed by atoms with Crippen LogP contribution in [0.3, 0.4) is 0 Å². The predicted octanol–water partition coefficient (Wildman–Crippen LogP) is 13.0. The molecule has 0 aliphatic heterocycles. The van der Waals surface area contributed by atoms with Crippen molar-refractivity contribution in [2.24, 2.45) is 5.92 Å². The summed E-state index contributed by atoms with van der Waals surface area (Å²) in [5.41, 5.74) is 20.2. The summed E-state index contributed by atoms with van der Waals surface area (Å²) >= 11 is 0. The van der Waals surface area contributed by atoms with Gasteiger partial charge in [-0.05, 0) is 124 Å². The van der Waals surface area contributed by atoms with E-state index in [1.807, 2.05) is 0 Å². The summed E-state index contributed by atoms with van der Waals surface area (Å²) in [5.74, 6) is 0.560. The minimum absolute atomic E-state index is 0. The van der Waals surface area contributed by atoms with Crippen molar-refractivity contribution < 1.29 is 21.7 Å². The van der Waals surface area contributed by atoms with Gasteiger partial charge in [-0.15, -0.1) is 44.1 Å². The number of halogens is 3. The molecule has 1 atom stereocenters. The van der Waals surface area contributed by atoms with Gasteiger partial charge in [0.25, 0.3) is 0 Å². The molecule has 0 bridgehead atoms. The van der Waals surface area contributed by atoms with E-state index >= 15 is 0 Å². The molecule has 0 saturated carbocycles. The number of hydrogen-bond donors (Lipinski definition) is 0. The van der Waals surface area contributed by atoms with E-state index in [4.69, 9.17) is 0 Å². The van der Waals surface area contributed by atoms with Gasteiger partial charge in [0.1, 0.15) is 0 Å². The molecule has 0 saturated heterocycles. The molecule has 7 rings (SSSR count). The molecule has 1 radical (unpaired) electrons. The second-order valence-electron chi connectivity index (χ2n) is 14.7. The van der Waals surface area contributed by atoms with Gasteiger partial charge < -0.3 is 0 Å². The molecule has 6 aromatic rings. The molecule has 0 N–H and O–H groups in total. The van der Waals surface area contributed by atoms with Crippen molar-refractivity contribution in [1.82, 2.24) is 0 Å². The predicted molar refractivity (Wildman–Crippen MR) is 250 cm³/mol. The first-order chi connectivity index (χ1) is 24.9. The van der Waals surface area contributed by atoms with E-state index in [9.17, 15) is 0 Å². The van der Waals surface area contributed by atoms with Crippen LogP contribution in [-0.4, -0.2) is 8.80 Å². The Labute approximate surface area is 372 Å². The van der Waals surface area contributed by atoms with E-state index < -0.39 is 8.80 Å². The van der Waals surface area contributed by atoms with Crippen molar-refractivity contribution in [3.63, 3.8) is 0 Å². The summed E-state index contributed by atoms with van der Waals surface area (Å²) < 4.78 is 0. The fourth-order valence-electron chi connectivity index (χ4n) is 7.35. The largest absolute Gasteiger partial charge is 0.266 e. The summed E-state index contributed by atoms with van der Waals surface area (Å²) in [6, 6.07) is 47.2. The van der Waals surface area contributed by atoms with Gasteiger partial charge in [0.15, 0.2) is 8.80 Å². The summed E-state index contributed by atoms with van der Waals surface area (Å²) in [4.78, 5) is 0. The second-order valence-corrected chi connectivity index (χ2v) is 17.0. The van der Waals surface area contributed by atoms with Gasteiger partial charge in [-0.25, -0.2) is 5.57 Å². The zero-order valence-corrected chi connectivity index (χ0v) is 39.4. The van der Waals surface area contributed by atoms with Crippen LogP contribution in [0.4, 0.5) is 0 Å². The average Bonchev–Trinajstić information content (AvgIpc) is 3.38. The van der Waals surface area contributed by atoms with Crippen molar-refractivity contribution in [1.29, 1.82) is 0 Å². The van der Waals surface area contributed by atoms with Crippen molar-refractivity contribution in [3.05, 3.63) is 184 Å². The van der Waals surface area contributed by atoms with Crippen LogP contribution >= 0.6 is 37.2 Å². The van der Waals surface area contributed by atoms with E-state index in [1.165, 1.54) is 99.0 Å². The molecule has 0 heterocycles. The van der Waals surface area contributed by atoms with Crippen molar-refractivity contribution >= 4 is 61.6 Å². The maximum absolute atomic E-state index is 3.36. The first-order valence-electron chi connectivity index (χ1n) is 18.6. The maximum atomic E-state index is 3.36. The number of aryl methyl sites for hydroxylation is 3. The molecular weight excluding hydrogens is 795 g/mol. The molecule has 5 heteroatoms. The third kappa shape index (κ3) is 10.6. The molecule has 0 fully saturated rings. The summed E-state index contributed by atoms with van der Waals surface area (Å²) in [6.07, 6.45) is 3.36. The molecule has 56 heavy (non-hydrogen) atoms. The van der Waals surface area contributed by atoms with Crippen molar-refractivity contribution in [2.75, 3.05) is 0 Å². The smallest absolute Gasteiger partial charge is 0.155 e. The number of benzene rings is 6. The maximum Gasteiger partial charge on any atom is 0.155 e. The Hall–Kier alpha value is -3.40. The molecule has 6 aromatic carbocycles. The number of rotatable bonds is 6. The van der Waals surface area contributed by atoms with Crippen LogP contribution in [0.1, 0.15) is 61.1 Å². The zero-order chi connectivity index (χ0) is 37.1. The van der Waals surface area contributed by atoms with E-state index in [2.05, 4.69) is 203 Å². The van der Waals surface area contributed by atoms with Crippen LogP contribution in [0, 0.1) is 53.5 Å². The quantitative estimate of drug-likeness (QED) is 0.0890. The minimum Gasteiger partial charge on any atom is -0.266 e. The summed E-state index contributed by atoms with van der Waals surface area (Å²) in [6.45, 7) is 22.5. The minimum atomic E-state index is -1.42. The Morgan fingerprint density at radius 1 is 0.411 bits per heavy atom. The van der Waals surface area contributed by atoms with Gasteiger partial charge in [-0.2, -0.15) is 11.1 Å². The topological polar surface area (TPSA) is 0 Å². The SMILES string of the molecule is CC1=[C-]C(C)C(C)=C1C.Cc1cc(-c2ccccc2)cc([Si](c2cc(-c3ccccc3)cc(C)c2C)c2cc(-c3ccccc3)cc(C)c2C)c1C.Cl.Cl.Cl.[Ti]. The molecule has 0 nitrogen and oxygen atoms in total. The van der Waals surface area contributed by atoms with Crippen molar-refractivity contribution in [3.8, 4) is 33.4 Å². The van der Waals surface area contributed by atoms with Crippen molar-refractivity contribution in [2.45, 2.75) is 69.2 Å². The average molecular weight is 850 g/mol. The molecule has 0 aromatic heterocycles. The molecule has 0 amide bonds. The zero-order valence-electron chi connectivity index (χ0n) is 34.4. The molecule has 1 unspecified atom stereocenters. The van der Waals surface area contributed by atoms with Crippen LogP contribution in [-0.2, 0) is 21.7 Å². The fourth-order valence-corrected chi connectivity index (χ4v) is 10.8. The van der Waals surface area contributed by atoms with Crippen LogP contribution in [0.25, 0.3) is 33.4 Å². The van der Waals surface area contributed by atoms with Gasteiger partial charge in [0.05, 0.1) is 0 Å². The Kier molecular flexibility index (Phi) is 18.6. The van der Waals surface area contributed by atoms with E-state index in [1.54, 1.807) is 0 Å². The van der Waals surface area contributed by atoms with Gasteiger partial charge in [-0.3, -0.25) is 6.08 Å². The van der Waals surface area contributed by atoms with Gasteiger partial charge in [-0.1, -0.05) is 154 Å². The standard InChI is InChI=1S/C42H39Si.C9H13.3ClH.Ti/c1-28-22-37(34-16-10-7-11-17-34)25-40(31(28)4)43(41-26-38(23-29(2)32(41)5)35-18-12-8-13-19-35)42-27-39(24-30(3)33(42)6)36-20-14-9-15-21-36;1-6-5-7(2)9(4)8(6)3;;;;/h7-27H,1-6H3;6H,1-4H3;3*1H;/q;-1;;;;. The summed E-state index contributed by atoms with van der Waals surface area (Å²) in [7, 11) is -1.42. The van der Waals surface area contributed by atoms with Crippen LogP contribution in [0.2, 0.25) is 0 Å². The number of hydrogen-bond acceptors (Lipinski definition) is 0. The second kappa shape index (κ2) is 21.4. The fraction of sp³-hybridized carbons (Fsp3) is 0.216. The summed E-state index contributed by atoms with van der Waals surface area (Å²) in [5, 5.41) is 4.43. The first-order valence-corrected chi connectivity index (χ1v) is 20.1. The Bertz CT molecular complexity index is 2070. The Balaban J connectivity index is 0.000000738. The normalized spacial score (nSPS) is 13.0. The monoisotopic (exact) mass is 848 g/mol. The third-order valence-corrected chi connectivity index (χ3v) is 14.5. The molecule has 0 spiro atoms. The Morgan fingerprint density at radius 2 is 0.696 bits per heavy atom. The van der Waals surface area contributed by atoms with E-state index in [-0.39, 0.29) is 58.9 Å².